The summed E-state index contributed by atoms with van der Waals surface area (Å²) >= 11 is 0. The number of halogens is 2. The number of aryl methyl sites for hydroxylation is 1. The maximum atomic E-state index is 13.1. The minimum absolute atomic E-state index is 0.302. The topological polar surface area (TPSA) is 22.1 Å². The van der Waals surface area contributed by atoms with Crippen molar-refractivity contribution in [2.75, 3.05) is 6.61 Å². The van der Waals surface area contributed by atoms with Gasteiger partial charge in [-0.15, -0.1) is 0 Å². The maximum absolute atomic E-state index is 13.1. The van der Waals surface area contributed by atoms with Crippen LogP contribution in [0.3, 0.4) is 0 Å². The number of rotatable bonds is 5. The van der Waals surface area contributed by atoms with E-state index in [1.54, 1.807) is 12.1 Å². The molecule has 1 heterocycles. The Hall–Kier alpha value is -1.97. The molecule has 0 bridgehead atoms. The number of alkyl halides is 2. The van der Waals surface area contributed by atoms with Gasteiger partial charge in [0.05, 0.1) is 11.9 Å². The molecule has 2 nitrogen and oxygen atoms in total. The summed E-state index contributed by atoms with van der Waals surface area (Å²) in [5, 5.41) is 0. The monoisotopic (exact) mass is 277 g/mol. The fourth-order valence-electron chi connectivity index (χ4n) is 1.67. The molecule has 106 valence electrons. The van der Waals surface area contributed by atoms with Crippen LogP contribution < -0.4 is 4.74 Å². The summed E-state index contributed by atoms with van der Waals surface area (Å²) < 4.78 is 30.9. The third kappa shape index (κ3) is 3.76. The summed E-state index contributed by atoms with van der Waals surface area (Å²) in [5.41, 5.74) is 3.00. The van der Waals surface area contributed by atoms with Crippen molar-refractivity contribution in [1.29, 1.82) is 0 Å². The highest BCUT2D eigenvalue weighted by atomic mass is 19.2. The summed E-state index contributed by atoms with van der Waals surface area (Å²) in [4.78, 5) is 4.26. The van der Waals surface area contributed by atoms with Crippen LogP contribution in [0, 0.1) is 6.92 Å². The van der Waals surface area contributed by atoms with Crippen molar-refractivity contribution in [1.82, 2.24) is 4.98 Å². The minimum Gasteiger partial charge on any atom is -0.489 e. The Morgan fingerprint density at radius 2 is 1.80 bits per heavy atom. The number of hydrogen-bond acceptors (Lipinski definition) is 2. The van der Waals surface area contributed by atoms with Gasteiger partial charge in [-0.3, -0.25) is 4.98 Å². The second kappa shape index (κ2) is 6.46. The number of aromatic nitrogens is 1. The van der Waals surface area contributed by atoms with Gasteiger partial charge in [0.15, 0.2) is 6.17 Å². The van der Waals surface area contributed by atoms with Crippen LogP contribution in [0.15, 0.2) is 42.6 Å². The molecule has 2 unspecified atom stereocenters. The highest BCUT2D eigenvalue weighted by molar-refractivity contribution is 5.59. The van der Waals surface area contributed by atoms with Crippen LogP contribution in [0.5, 0.6) is 5.75 Å². The van der Waals surface area contributed by atoms with Crippen molar-refractivity contribution in [3.8, 4) is 17.0 Å². The molecule has 0 saturated heterocycles. The average molecular weight is 277 g/mol. The van der Waals surface area contributed by atoms with E-state index in [0.717, 1.165) is 11.3 Å². The van der Waals surface area contributed by atoms with Gasteiger partial charge in [0, 0.05) is 5.56 Å². The molecule has 2 aromatic rings. The molecule has 0 aliphatic carbocycles. The lowest BCUT2D eigenvalue weighted by Crippen LogP contribution is -2.21. The van der Waals surface area contributed by atoms with Crippen molar-refractivity contribution in [3.63, 3.8) is 0 Å². The Morgan fingerprint density at radius 1 is 1.10 bits per heavy atom. The van der Waals surface area contributed by atoms with Crippen molar-refractivity contribution in [3.05, 3.63) is 48.2 Å². The first-order chi connectivity index (χ1) is 9.56. The number of benzene rings is 1. The van der Waals surface area contributed by atoms with Gasteiger partial charge in [0.2, 0.25) is 0 Å². The van der Waals surface area contributed by atoms with E-state index in [4.69, 9.17) is 4.74 Å². The molecule has 0 aliphatic rings. The molecule has 0 aliphatic heterocycles. The van der Waals surface area contributed by atoms with E-state index in [0.29, 0.717) is 5.75 Å². The second-order valence-electron chi connectivity index (χ2n) is 4.75. The molecule has 0 fully saturated rings. The zero-order chi connectivity index (χ0) is 14.5. The highest BCUT2D eigenvalue weighted by Gasteiger charge is 2.15. The van der Waals surface area contributed by atoms with Crippen LogP contribution in [-0.2, 0) is 0 Å². The molecule has 2 rings (SSSR count). The van der Waals surface area contributed by atoms with Crippen molar-refractivity contribution >= 4 is 0 Å². The van der Waals surface area contributed by atoms with E-state index < -0.39 is 12.3 Å². The second-order valence-corrected chi connectivity index (χ2v) is 4.75. The number of nitrogens with zero attached hydrogens (tertiary/aromatic N) is 1. The molecule has 1 aromatic carbocycles. The van der Waals surface area contributed by atoms with Gasteiger partial charge in [0.25, 0.3) is 0 Å². The Balaban J connectivity index is 2.01. The Bertz CT molecular complexity index is 537. The zero-order valence-corrected chi connectivity index (χ0v) is 11.5. The van der Waals surface area contributed by atoms with Crippen LogP contribution >= 0.6 is 0 Å². The zero-order valence-electron chi connectivity index (χ0n) is 11.5. The predicted octanol–water partition coefficient (Wildman–Crippen LogP) is 4.13. The highest BCUT2D eigenvalue weighted by Crippen LogP contribution is 2.20. The van der Waals surface area contributed by atoms with Gasteiger partial charge in [0.1, 0.15) is 18.5 Å². The fraction of sp³-hybridized carbons (Fsp3) is 0.312. The summed E-state index contributed by atoms with van der Waals surface area (Å²) in [7, 11) is 0. The first kappa shape index (κ1) is 14.4. The molecule has 4 heteroatoms. The van der Waals surface area contributed by atoms with Gasteiger partial charge >= 0.3 is 0 Å². The molecule has 0 amide bonds. The summed E-state index contributed by atoms with van der Waals surface area (Å²) in [6.45, 7) is 2.89. The number of hydrogen-bond donors (Lipinski definition) is 0. The molecule has 2 atom stereocenters. The fourth-order valence-corrected chi connectivity index (χ4v) is 1.67. The van der Waals surface area contributed by atoms with E-state index in [1.165, 1.54) is 18.7 Å². The third-order valence-electron chi connectivity index (χ3n) is 2.99. The Morgan fingerprint density at radius 3 is 2.35 bits per heavy atom. The summed E-state index contributed by atoms with van der Waals surface area (Å²) in [6.07, 6.45) is -1.63. The van der Waals surface area contributed by atoms with Crippen molar-refractivity contribution in [2.24, 2.45) is 0 Å². The molecule has 20 heavy (non-hydrogen) atoms. The quantitative estimate of drug-likeness (QED) is 0.819. The van der Waals surface area contributed by atoms with Crippen LogP contribution in [0.25, 0.3) is 11.3 Å². The van der Waals surface area contributed by atoms with E-state index in [-0.39, 0.29) is 6.61 Å². The molecule has 0 radical (unpaired) electrons. The van der Waals surface area contributed by atoms with E-state index >= 15 is 0 Å². The number of ether oxygens (including phenoxy) is 1. The van der Waals surface area contributed by atoms with Gasteiger partial charge in [-0.2, -0.15) is 0 Å². The van der Waals surface area contributed by atoms with Crippen LogP contribution in [0.4, 0.5) is 8.78 Å². The first-order valence-corrected chi connectivity index (χ1v) is 6.50. The lowest BCUT2D eigenvalue weighted by atomic mass is 10.1. The summed E-state index contributed by atoms with van der Waals surface area (Å²) in [6, 6.07) is 11.5. The molecule has 0 N–H and O–H groups in total. The van der Waals surface area contributed by atoms with Crippen molar-refractivity contribution in [2.45, 2.75) is 26.2 Å². The largest absolute Gasteiger partial charge is 0.489 e. The molecule has 0 spiro atoms. The lowest BCUT2D eigenvalue weighted by molar-refractivity contribution is 0.119. The standard InChI is InChI=1S/C16H17F2NO/c1-11-3-5-13(6-4-11)16-8-7-14(9-19-16)20-10-15(18)12(2)17/h3-9,12,15H,10H2,1-2H3. The number of pyridine rings is 1. The Kier molecular flexibility index (Phi) is 4.66. The average Bonchev–Trinajstić information content (AvgIpc) is 2.46. The van der Waals surface area contributed by atoms with Crippen LogP contribution in [-0.4, -0.2) is 23.9 Å². The van der Waals surface area contributed by atoms with E-state index in [1.807, 2.05) is 31.2 Å². The van der Waals surface area contributed by atoms with Gasteiger partial charge in [-0.05, 0) is 26.0 Å². The lowest BCUT2D eigenvalue weighted by Gasteiger charge is -2.11. The Labute approximate surface area is 117 Å². The van der Waals surface area contributed by atoms with Gasteiger partial charge < -0.3 is 4.74 Å². The maximum Gasteiger partial charge on any atom is 0.165 e. The SMILES string of the molecule is Cc1ccc(-c2ccc(OCC(F)C(C)F)cn2)cc1. The van der Waals surface area contributed by atoms with E-state index in [9.17, 15) is 8.78 Å². The third-order valence-corrected chi connectivity index (χ3v) is 2.99. The molecular formula is C16H17F2NO. The minimum atomic E-state index is -1.62. The van der Waals surface area contributed by atoms with Gasteiger partial charge in [-0.1, -0.05) is 29.8 Å². The molecule has 1 aromatic heterocycles. The molecular weight excluding hydrogens is 260 g/mol. The summed E-state index contributed by atoms with van der Waals surface area (Å²) in [5.74, 6) is 0.434. The van der Waals surface area contributed by atoms with Crippen LogP contribution in [0.2, 0.25) is 0 Å². The smallest absolute Gasteiger partial charge is 0.165 e. The molecule has 0 saturated carbocycles. The van der Waals surface area contributed by atoms with Crippen LogP contribution in [0.1, 0.15) is 12.5 Å². The normalized spacial score (nSPS) is 13.8. The van der Waals surface area contributed by atoms with Gasteiger partial charge in [-0.25, -0.2) is 8.78 Å². The predicted molar refractivity (Wildman–Crippen MR) is 75.4 cm³/mol. The first-order valence-electron chi connectivity index (χ1n) is 6.50. The van der Waals surface area contributed by atoms with Crippen molar-refractivity contribution < 1.29 is 13.5 Å². The van der Waals surface area contributed by atoms with E-state index in [2.05, 4.69) is 4.98 Å².